The number of aliphatic hydroxyl groups excluding tert-OH is 6. The molecule has 10 atom stereocenters. The molecule has 4 aromatic rings. The zero-order chi connectivity index (χ0) is 74.2. The highest BCUT2D eigenvalue weighted by atomic mass is 16.7. The molecule has 0 spiro atoms. The number of amides is 2. The Labute approximate surface area is 595 Å². The average Bonchev–Trinajstić information content (AvgIpc) is 0.685. The molecule has 2 amide bonds. The largest absolute Gasteiger partial charge is 0.508 e. The fraction of sp³-hybridized carbons (Fsp3) is 0.611. The van der Waals surface area contributed by atoms with E-state index in [9.17, 15) is 60.0 Å². The van der Waals surface area contributed by atoms with Gasteiger partial charge in [0.05, 0.1) is 103 Å². The minimum absolute atomic E-state index is 0.0381. The van der Waals surface area contributed by atoms with Crippen LogP contribution in [0.5, 0.6) is 46.0 Å². The van der Waals surface area contributed by atoms with Gasteiger partial charge in [-0.3, -0.25) is 29.0 Å². The van der Waals surface area contributed by atoms with Gasteiger partial charge in [-0.2, -0.15) is 0 Å². The molecule has 0 unspecified atom stereocenters. The van der Waals surface area contributed by atoms with Crippen molar-refractivity contribution in [2.75, 3.05) is 174 Å². The number of aromatic hydroxyl groups is 2. The quantitative estimate of drug-likeness (QED) is 0.0299. The van der Waals surface area contributed by atoms with E-state index in [0.717, 1.165) is 26.2 Å². The van der Waals surface area contributed by atoms with Crippen molar-refractivity contribution in [1.82, 2.24) is 19.6 Å². The topological polar surface area (TPSA) is 372 Å². The third-order valence-corrected chi connectivity index (χ3v) is 18.3. The number of phenolic OH excluding ortho intramolecular Hbond substituents is 2. The Bertz CT molecular complexity index is 3280. The SMILES string of the molecule is CCc1c(O)cc(O[C@@H]2O[C@@H](C)[C@@H](O)[C@@H](O)[C@@H]2O)c(C(=O)c2ccc(OCCN3CCOCC3)c(OC)c2)c1CC(=O)N(CCOC)CCOC.CCc1c(O[C@@H]2O[C@@H](C)[C@@H](O)[C@@H](O)[C@@H]2O)cc(O)c(C(=O)c2ccc(OCCN3CCOCC3)c(OC)c2)c1CC(=O)N(CCOC)CCOC. The molecule has 8 rings (SSSR count). The van der Waals surface area contributed by atoms with E-state index in [4.69, 9.17) is 66.3 Å². The molecule has 30 heteroatoms. The number of rotatable bonds is 36. The highest BCUT2D eigenvalue weighted by Crippen LogP contribution is 2.42. The molecule has 568 valence electrons. The Kier molecular flexibility index (Phi) is 32.9. The zero-order valence-corrected chi connectivity index (χ0v) is 60.1. The van der Waals surface area contributed by atoms with Crippen molar-refractivity contribution in [2.24, 2.45) is 0 Å². The minimum Gasteiger partial charge on any atom is -0.508 e. The van der Waals surface area contributed by atoms with E-state index in [-0.39, 0.29) is 141 Å². The summed E-state index contributed by atoms with van der Waals surface area (Å²) in [6.45, 7) is 16.8. The highest BCUT2D eigenvalue weighted by Gasteiger charge is 2.45. The number of nitrogens with zero attached hydrogens (tertiary/aromatic N) is 4. The van der Waals surface area contributed by atoms with Crippen LogP contribution in [0.4, 0.5) is 0 Å². The van der Waals surface area contributed by atoms with Gasteiger partial charge in [-0.1, -0.05) is 13.8 Å². The van der Waals surface area contributed by atoms with E-state index in [1.807, 2.05) is 0 Å². The number of aliphatic hydroxyl groups is 6. The molecule has 4 aromatic carbocycles. The van der Waals surface area contributed by atoms with Crippen LogP contribution in [-0.4, -0.2) is 319 Å². The standard InChI is InChI=1S/2C36H52N2O13/c1-6-24-25(20-30(40)38(12-14-45-3)13-15-46-4)31(26(39)21-28(24)51-36-35(44)34(43)32(41)22(2)50-36)33(42)23-7-8-27(29(19-23)47-5)49-18-11-37-9-16-48-17-10-37;1-6-24-25(20-30(40)38(12-14-45-3)13-15-46-4)31(29(21-26(24)39)51-36-35(44)34(43)32(41)22(2)50-36)33(42)23-7-8-27(28(19-23)47-5)49-18-11-37-9-16-48-17-10-37/h2*7-8,19,21-22,32,34-36,39,41,43-44H,6,9-18,20H2,1-5H3/t2*22-,32+,34+,35-,36-/m00/s1. The number of carbonyl (C=O) groups is 4. The molecule has 4 aliphatic heterocycles. The number of benzene rings is 4. The van der Waals surface area contributed by atoms with Crippen molar-refractivity contribution in [3.8, 4) is 46.0 Å². The van der Waals surface area contributed by atoms with E-state index in [1.54, 1.807) is 47.9 Å². The first kappa shape index (κ1) is 82.2. The minimum atomic E-state index is -1.70. The molecule has 4 fully saturated rings. The van der Waals surface area contributed by atoms with Crippen molar-refractivity contribution >= 4 is 23.4 Å². The number of hydrogen-bond acceptors (Lipinski definition) is 28. The number of ether oxygens (including phenoxy) is 14. The lowest BCUT2D eigenvalue weighted by molar-refractivity contribution is -0.268. The fourth-order valence-corrected chi connectivity index (χ4v) is 12.2. The lowest BCUT2D eigenvalue weighted by Crippen LogP contribution is -2.58. The molecule has 4 aliphatic rings. The summed E-state index contributed by atoms with van der Waals surface area (Å²) in [5, 5.41) is 85.4. The summed E-state index contributed by atoms with van der Waals surface area (Å²) in [5.74, 6) is -1.22. The van der Waals surface area contributed by atoms with Crippen molar-refractivity contribution in [2.45, 2.75) is 115 Å². The van der Waals surface area contributed by atoms with Crippen LogP contribution < -0.4 is 28.4 Å². The van der Waals surface area contributed by atoms with E-state index in [2.05, 4.69) is 9.80 Å². The third kappa shape index (κ3) is 21.5. The fourth-order valence-electron chi connectivity index (χ4n) is 12.2. The predicted octanol–water partition coefficient (Wildman–Crippen LogP) is 1.55. The second-order valence-corrected chi connectivity index (χ2v) is 24.8. The number of ketones is 2. The van der Waals surface area contributed by atoms with Crippen LogP contribution in [0.1, 0.15) is 81.8 Å². The van der Waals surface area contributed by atoms with Crippen LogP contribution in [0.3, 0.4) is 0 Å². The molecule has 0 saturated carbocycles. The highest BCUT2D eigenvalue weighted by molar-refractivity contribution is 6.14. The molecule has 4 heterocycles. The van der Waals surface area contributed by atoms with Gasteiger partial charge in [0.15, 0.2) is 34.6 Å². The van der Waals surface area contributed by atoms with E-state index in [1.165, 1.54) is 80.8 Å². The lowest BCUT2D eigenvalue weighted by Gasteiger charge is -2.39. The van der Waals surface area contributed by atoms with Crippen LogP contribution in [0.2, 0.25) is 0 Å². The maximum absolute atomic E-state index is 14.6. The van der Waals surface area contributed by atoms with Crippen molar-refractivity contribution in [1.29, 1.82) is 0 Å². The molecule has 0 radical (unpaired) electrons. The van der Waals surface area contributed by atoms with Gasteiger partial charge < -0.3 is 117 Å². The molecule has 8 N–H and O–H groups in total. The van der Waals surface area contributed by atoms with Gasteiger partial charge in [0.1, 0.15) is 72.8 Å². The number of phenols is 2. The molecule has 4 saturated heterocycles. The summed E-state index contributed by atoms with van der Waals surface area (Å²) in [7, 11) is 9.03. The molecule has 102 heavy (non-hydrogen) atoms. The molecular formula is C72H104N4O26. The first-order valence-electron chi connectivity index (χ1n) is 34.4. The summed E-state index contributed by atoms with van der Waals surface area (Å²) in [6, 6.07) is 11.9. The van der Waals surface area contributed by atoms with Gasteiger partial charge in [0.2, 0.25) is 24.4 Å². The summed E-state index contributed by atoms with van der Waals surface area (Å²) in [4.78, 5) is 64.2. The summed E-state index contributed by atoms with van der Waals surface area (Å²) < 4.78 is 78.2. The van der Waals surface area contributed by atoms with E-state index in [0.29, 0.717) is 86.9 Å². The molecule has 0 aliphatic carbocycles. The average molecular weight is 1440 g/mol. The first-order chi connectivity index (χ1) is 49.1. The van der Waals surface area contributed by atoms with Gasteiger partial charge in [-0.05, 0) is 85.3 Å². The molecule has 0 aromatic heterocycles. The molecule has 0 bridgehead atoms. The first-order valence-corrected chi connectivity index (χ1v) is 34.4. The van der Waals surface area contributed by atoms with E-state index < -0.39 is 78.7 Å². The maximum Gasteiger partial charge on any atom is 0.229 e. The van der Waals surface area contributed by atoms with Crippen LogP contribution in [0.15, 0.2) is 48.5 Å². The van der Waals surface area contributed by atoms with Gasteiger partial charge >= 0.3 is 0 Å². The second kappa shape index (κ2) is 40.8. The monoisotopic (exact) mass is 1440 g/mol. The normalized spacial score (nSPS) is 22.4. The Balaban J connectivity index is 0.000000286. The predicted molar refractivity (Wildman–Crippen MR) is 367 cm³/mol. The van der Waals surface area contributed by atoms with Gasteiger partial charge in [-0.15, -0.1) is 0 Å². The van der Waals surface area contributed by atoms with Crippen LogP contribution >= 0.6 is 0 Å². The van der Waals surface area contributed by atoms with Gasteiger partial charge in [-0.25, -0.2) is 0 Å². The zero-order valence-electron chi connectivity index (χ0n) is 60.1. The summed E-state index contributed by atoms with van der Waals surface area (Å²) in [6.07, 6.45) is -14.1. The second-order valence-electron chi connectivity index (χ2n) is 24.8. The Morgan fingerprint density at radius 1 is 0.451 bits per heavy atom. The van der Waals surface area contributed by atoms with Crippen LogP contribution in [0, 0.1) is 0 Å². The Hall–Kier alpha value is -7.08. The number of morpholine rings is 2. The Morgan fingerprint density at radius 2 is 0.833 bits per heavy atom. The van der Waals surface area contributed by atoms with Crippen molar-refractivity contribution < 1.29 is 126 Å². The van der Waals surface area contributed by atoms with Crippen molar-refractivity contribution in [3.05, 3.63) is 93.0 Å². The van der Waals surface area contributed by atoms with Crippen LogP contribution in [0.25, 0.3) is 0 Å². The number of carbonyl (C=O) groups excluding carboxylic acids is 4. The van der Waals surface area contributed by atoms with Crippen molar-refractivity contribution in [3.63, 3.8) is 0 Å². The Morgan fingerprint density at radius 3 is 1.23 bits per heavy atom. The number of hydrogen-bond donors (Lipinski definition) is 8. The lowest BCUT2D eigenvalue weighted by atomic mass is 9.89. The summed E-state index contributed by atoms with van der Waals surface area (Å²) in [5.41, 5.74) is 1.37. The van der Waals surface area contributed by atoms with E-state index >= 15 is 0 Å². The van der Waals surface area contributed by atoms with Crippen LogP contribution in [-0.2, 0) is 73.2 Å². The molecular weight excluding hydrogens is 1340 g/mol. The van der Waals surface area contributed by atoms with Gasteiger partial charge in [0.25, 0.3) is 0 Å². The third-order valence-electron chi connectivity index (χ3n) is 18.3. The number of methoxy groups -OCH3 is 6. The summed E-state index contributed by atoms with van der Waals surface area (Å²) >= 11 is 0. The smallest absolute Gasteiger partial charge is 0.229 e. The maximum atomic E-state index is 14.6. The van der Waals surface area contributed by atoms with Gasteiger partial charge in [0, 0.05) is 117 Å². The molecule has 30 nitrogen and oxygen atoms in total.